The van der Waals surface area contributed by atoms with E-state index in [1.165, 1.54) is 0 Å². The third kappa shape index (κ3) is 6.90. The molecule has 0 spiro atoms. The molecular formula is C14H24N2O4S. The van der Waals surface area contributed by atoms with Crippen molar-refractivity contribution in [3.05, 3.63) is 24.3 Å². The topological polar surface area (TPSA) is 76.7 Å². The molecule has 0 atom stereocenters. The first-order valence-corrected chi connectivity index (χ1v) is 8.44. The summed E-state index contributed by atoms with van der Waals surface area (Å²) in [6.07, 6.45) is 1.54. The monoisotopic (exact) mass is 316 g/mol. The van der Waals surface area contributed by atoms with Crippen LogP contribution in [0.1, 0.15) is 12.8 Å². The molecule has 0 amide bonds. The first-order chi connectivity index (χ1) is 10.1. The third-order valence-corrected chi connectivity index (χ3v) is 4.27. The molecule has 0 bridgehead atoms. The average Bonchev–Trinajstić information content (AvgIpc) is 2.49. The van der Waals surface area contributed by atoms with Gasteiger partial charge < -0.3 is 14.8 Å². The first kappa shape index (κ1) is 17.9. The molecule has 1 aromatic rings. The second-order valence-electron chi connectivity index (χ2n) is 4.52. The zero-order valence-corrected chi connectivity index (χ0v) is 13.4. The van der Waals surface area contributed by atoms with Crippen LogP contribution >= 0.6 is 0 Å². The lowest BCUT2D eigenvalue weighted by atomic mass is 10.3. The minimum absolute atomic E-state index is 0.238. The second-order valence-corrected chi connectivity index (χ2v) is 6.29. The molecule has 0 aliphatic carbocycles. The van der Waals surface area contributed by atoms with E-state index in [1.54, 1.807) is 31.4 Å². The Balaban J connectivity index is 2.48. The molecule has 0 unspecified atom stereocenters. The molecule has 21 heavy (non-hydrogen) atoms. The summed E-state index contributed by atoms with van der Waals surface area (Å²) in [6.45, 7) is 2.38. The summed E-state index contributed by atoms with van der Waals surface area (Å²) in [4.78, 5) is 0.238. The van der Waals surface area contributed by atoms with Crippen molar-refractivity contribution in [3.63, 3.8) is 0 Å². The zero-order valence-electron chi connectivity index (χ0n) is 12.6. The summed E-state index contributed by atoms with van der Waals surface area (Å²) in [5.41, 5.74) is 0. The standard InChI is InChI=1S/C14H24N2O4S/c1-15-9-3-12-20-13-5-7-14(8-6-13)21(17,18)16-10-4-11-19-2/h5-8,15-16H,3-4,9-12H2,1-2H3. The van der Waals surface area contributed by atoms with Crippen molar-refractivity contribution in [2.45, 2.75) is 17.7 Å². The summed E-state index contributed by atoms with van der Waals surface area (Å²) >= 11 is 0. The van der Waals surface area contributed by atoms with Crippen molar-refractivity contribution >= 4 is 10.0 Å². The van der Waals surface area contributed by atoms with Gasteiger partial charge >= 0.3 is 0 Å². The Morgan fingerprint density at radius 3 is 2.33 bits per heavy atom. The Labute approximate surface area is 126 Å². The predicted molar refractivity (Wildman–Crippen MR) is 82.2 cm³/mol. The summed E-state index contributed by atoms with van der Waals surface area (Å²) in [6, 6.07) is 6.43. The molecule has 0 aliphatic heterocycles. The summed E-state index contributed by atoms with van der Waals surface area (Å²) < 4.78 is 36.9. The predicted octanol–water partition coefficient (Wildman–Crippen LogP) is 0.990. The highest BCUT2D eigenvalue weighted by Crippen LogP contribution is 2.16. The van der Waals surface area contributed by atoms with Crippen molar-refractivity contribution < 1.29 is 17.9 Å². The smallest absolute Gasteiger partial charge is 0.240 e. The van der Waals surface area contributed by atoms with Crippen LogP contribution in [-0.2, 0) is 14.8 Å². The Bertz CT molecular complexity index is 488. The molecule has 7 heteroatoms. The quantitative estimate of drug-likeness (QED) is 0.595. The Kier molecular flexibility index (Phi) is 8.29. The third-order valence-electron chi connectivity index (χ3n) is 2.79. The number of ether oxygens (including phenoxy) is 2. The summed E-state index contributed by atoms with van der Waals surface area (Å²) in [7, 11) is 0.0176. The van der Waals surface area contributed by atoms with Crippen LogP contribution in [0.4, 0.5) is 0 Å². The second kappa shape index (κ2) is 9.73. The van der Waals surface area contributed by atoms with Crippen LogP contribution in [0.25, 0.3) is 0 Å². The highest BCUT2D eigenvalue weighted by Gasteiger charge is 2.12. The van der Waals surface area contributed by atoms with Gasteiger partial charge in [0.25, 0.3) is 0 Å². The van der Waals surface area contributed by atoms with Crippen LogP contribution in [-0.4, -0.2) is 48.9 Å². The lowest BCUT2D eigenvalue weighted by Crippen LogP contribution is -2.25. The molecule has 1 aromatic carbocycles. The maximum absolute atomic E-state index is 12.0. The van der Waals surface area contributed by atoms with Gasteiger partial charge in [0.05, 0.1) is 11.5 Å². The largest absolute Gasteiger partial charge is 0.494 e. The Morgan fingerprint density at radius 1 is 1.05 bits per heavy atom. The van der Waals surface area contributed by atoms with E-state index in [-0.39, 0.29) is 4.90 Å². The Morgan fingerprint density at radius 2 is 1.71 bits per heavy atom. The van der Waals surface area contributed by atoms with E-state index < -0.39 is 10.0 Å². The molecule has 0 fully saturated rings. The van der Waals surface area contributed by atoms with E-state index >= 15 is 0 Å². The van der Waals surface area contributed by atoms with Crippen LogP contribution in [0.3, 0.4) is 0 Å². The SMILES string of the molecule is CNCCCOc1ccc(S(=O)(=O)NCCCOC)cc1. The summed E-state index contributed by atoms with van der Waals surface area (Å²) in [5, 5.41) is 3.04. The van der Waals surface area contributed by atoms with Gasteiger partial charge in [0, 0.05) is 20.3 Å². The minimum atomic E-state index is -3.46. The number of hydrogen-bond donors (Lipinski definition) is 2. The van der Waals surface area contributed by atoms with Crippen molar-refractivity contribution in [1.29, 1.82) is 0 Å². The van der Waals surface area contributed by atoms with Gasteiger partial charge in [0.15, 0.2) is 0 Å². The summed E-state index contributed by atoms with van der Waals surface area (Å²) in [5.74, 6) is 0.671. The number of rotatable bonds is 11. The zero-order chi connectivity index (χ0) is 15.6. The normalized spacial score (nSPS) is 11.5. The lowest BCUT2D eigenvalue weighted by molar-refractivity contribution is 0.196. The highest BCUT2D eigenvalue weighted by molar-refractivity contribution is 7.89. The first-order valence-electron chi connectivity index (χ1n) is 6.96. The molecule has 120 valence electrons. The van der Waals surface area contributed by atoms with E-state index in [9.17, 15) is 8.42 Å². The van der Waals surface area contributed by atoms with Gasteiger partial charge in [-0.3, -0.25) is 0 Å². The van der Waals surface area contributed by atoms with Crippen LogP contribution in [0, 0.1) is 0 Å². The number of methoxy groups -OCH3 is 1. The fourth-order valence-corrected chi connectivity index (χ4v) is 2.73. The van der Waals surface area contributed by atoms with Gasteiger partial charge in [-0.05, 0) is 50.7 Å². The molecule has 0 heterocycles. The van der Waals surface area contributed by atoms with Crippen LogP contribution in [0.2, 0.25) is 0 Å². The van der Waals surface area contributed by atoms with E-state index in [4.69, 9.17) is 9.47 Å². The average molecular weight is 316 g/mol. The number of nitrogens with one attached hydrogen (secondary N) is 2. The van der Waals surface area contributed by atoms with Crippen molar-refractivity contribution in [3.8, 4) is 5.75 Å². The fraction of sp³-hybridized carbons (Fsp3) is 0.571. The molecule has 2 N–H and O–H groups in total. The number of hydrogen-bond acceptors (Lipinski definition) is 5. The van der Waals surface area contributed by atoms with E-state index in [1.807, 2.05) is 7.05 Å². The van der Waals surface area contributed by atoms with E-state index in [2.05, 4.69) is 10.0 Å². The number of sulfonamides is 1. The van der Waals surface area contributed by atoms with Crippen LogP contribution in [0.15, 0.2) is 29.2 Å². The van der Waals surface area contributed by atoms with Crippen LogP contribution < -0.4 is 14.8 Å². The fourth-order valence-electron chi connectivity index (χ4n) is 1.66. The molecule has 0 aliphatic rings. The molecular weight excluding hydrogens is 292 g/mol. The van der Waals surface area contributed by atoms with Crippen molar-refractivity contribution in [2.75, 3.05) is 40.5 Å². The maximum atomic E-state index is 12.0. The number of benzene rings is 1. The van der Waals surface area contributed by atoms with Gasteiger partial charge in [-0.15, -0.1) is 0 Å². The highest BCUT2D eigenvalue weighted by atomic mass is 32.2. The molecule has 0 saturated heterocycles. The molecule has 0 saturated carbocycles. The van der Waals surface area contributed by atoms with Crippen molar-refractivity contribution in [1.82, 2.24) is 10.0 Å². The van der Waals surface area contributed by atoms with Crippen molar-refractivity contribution in [2.24, 2.45) is 0 Å². The van der Waals surface area contributed by atoms with E-state index in [0.29, 0.717) is 31.9 Å². The molecule has 6 nitrogen and oxygen atoms in total. The minimum Gasteiger partial charge on any atom is -0.494 e. The lowest BCUT2D eigenvalue weighted by Gasteiger charge is -2.09. The van der Waals surface area contributed by atoms with Gasteiger partial charge in [0.1, 0.15) is 5.75 Å². The maximum Gasteiger partial charge on any atom is 0.240 e. The molecule has 0 aromatic heterocycles. The van der Waals surface area contributed by atoms with Crippen LogP contribution in [0.5, 0.6) is 5.75 Å². The molecule has 1 rings (SSSR count). The Hall–Kier alpha value is -1.15. The molecule has 0 radical (unpaired) electrons. The van der Waals surface area contributed by atoms with Gasteiger partial charge in [-0.1, -0.05) is 0 Å². The van der Waals surface area contributed by atoms with Gasteiger partial charge in [-0.25, -0.2) is 13.1 Å². The van der Waals surface area contributed by atoms with Gasteiger partial charge in [0.2, 0.25) is 10.0 Å². The van der Waals surface area contributed by atoms with Gasteiger partial charge in [-0.2, -0.15) is 0 Å². The van der Waals surface area contributed by atoms with E-state index in [0.717, 1.165) is 13.0 Å².